The van der Waals surface area contributed by atoms with Gasteiger partial charge in [-0.3, -0.25) is 14.4 Å². The smallest absolute Gasteiger partial charge is 0.244 e. The van der Waals surface area contributed by atoms with Crippen molar-refractivity contribution in [1.29, 1.82) is 0 Å². The lowest BCUT2D eigenvalue weighted by Crippen LogP contribution is -2.33. The zero-order valence-electron chi connectivity index (χ0n) is 24.8. The molecule has 0 radical (unpaired) electrons. The number of rotatable bonds is 7. The van der Waals surface area contributed by atoms with Crippen molar-refractivity contribution in [3.8, 4) is 11.5 Å². The number of aryl methyl sites for hydroxylation is 1. The zero-order chi connectivity index (χ0) is 28.9. The molecule has 2 saturated heterocycles. The molecular formula is C34H56Cl2N6O3. The summed E-state index contributed by atoms with van der Waals surface area (Å²) in [6.45, 7) is 8.64. The number of likely N-dealkylation sites (tertiary alicyclic amines) is 1. The number of hydrogen-bond acceptors (Lipinski definition) is 7. The van der Waals surface area contributed by atoms with Crippen LogP contribution in [-0.2, 0) is 7.05 Å². The number of ether oxygens (including phenoxy) is 2. The molecule has 6 rings (SSSR count). The van der Waals surface area contributed by atoms with Gasteiger partial charge in [-0.1, -0.05) is 47.3 Å². The molecule has 2 aliphatic rings. The van der Waals surface area contributed by atoms with Crippen LogP contribution in [-0.4, -0.2) is 82.2 Å². The summed E-state index contributed by atoms with van der Waals surface area (Å²) >= 11 is 5.56. The predicted molar refractivity (Wildman–Crippen MR) is 193 cm³/mol. The fourth-order valence-electron chi connectivity index (χ4n) is 5.10. The molecule has 11 heteroatoms. The first kappa shape index (κ1) is 42.1. The van der Waals surface area contributed by atoms with Crippen molar-refractivity contribution in [3.63, 3.8) is 0 Å². The van der Waals surface area contributed by atoms with Gasteiger partial charge in [-0.15, -0.1) is 24.0 Å². The van der Waals surface area contributed by atoms with Crippen molar-refractivity contribution in [2.45, 2.75) is 67.7 Å². The number of carbonyl (C=O) groups excluding carboxylic acids is 1. The number of nitrogens with one attached hydrogen (secondary N) is 1. The minimum Gasteiger partial charge on any atom is -0.492 e. The summed E-state index contributed by atoms with van der Waals surface area (Å²) in [4.78, 5) is 13.8. The fraction of sp³-hybridized carbons (Fsp3) is 0.559. The van der Waals surface area contributed by atoms with E-state index in [1.54, 1.807) is 6.20 Å². The first-order chi connectivity index (χ1) is 20.1. The number of nitrogens with zero attached hydrogens (tertiary/aromatic N) is 5. The molecule has 45 heavy (non-hydrogen) atoms. The van der Waals surface area contributed by atoms with Crippen molar-refractivity contribution in [1.82, 2.24) is 29.8 Å². The van der Waals surface area contributed by atoms with Crippen LogP contribution in [0.3, 0.4) is 0 Å². The number of carbonyl (C=O) groups is 1. The Hall–Kier alpha value is -2.85. The van der Waals surface area contributed by atoms with E-state index in [-0.39, 0.29) is 40.6 Å². The van der Waals surface area contributed by atoms with Gasteiger partial charge in [-0.2, -0.15) is 10.2 Å². The highest BCUT2D eigenvalue weighted by molar-refractivity contribution is 6.18. The highest BCUT2D eigenvalue weighted by Gasteiger charge is 2.11. The molecule has 254 valence electrons. The van der Waals surface area contributed by atoms with Crippen LogP contribution in [0.5, 0.6) is 11.5 Å². The largest absolute Gasteiger partial charge is 0.492 e. The van der Waals surface area contributed by atoms with Gasteiger partial charge in [0.2, 0.25) is 5.91 Å². The number of aromatic nitrogens is 4. The van der Waals surface area contributed by atoms with Gasteiger partial charge in [0.05, 0.1) is 40.1 Å². The van der Waals surface area contributed by atoms with E-state index in [2.05, 4.69) is 26.5 Å². The third-order valence-electron chi connectivity index (χ3n) is 7.28. The van der Waals surface area contributed by atoms with E-state index in [0.29, 0.717) is 18.2 Å². The lowest BCUT2D eigenvalue weighted by molar-refractivity contribution is 0.0926. The van der Waals surface area contributed by atoms with E-state index in [0.717, 1.165) is 40.7 Å². The summed E-state index contributed by atoms with van der Waals surface area (Å²) in [7, 11) is 1.96. The quantitative estimate of drug-likeness (QED) is 0.201. The fourth-order valence-corrected chi connectivity index (χ4v) is 5.17. The lowest BCUT2D eigenvalue weighted by Gasteiger charge is -2.26. The molecule has 2 aromatic heterocycles. The second kappa shape index (κ2) is 22.6. The average Bonchev–Trinajstić information content (AvgIpc) is 3.63. The molecule has 1 N–H and O–H groups in total. The van der Waals surface area contributed by atoms with Crippen molar-refractivity contribution in [3.05, 3.63) is 48.8 Å². The van der Waals surface area contributed by atoms with Crippen molar-refractivity contribution in [2.24, 2.45) is 7.05 Å². The van der Waals surface area contributed by atoms with Crippen LogP contribution in [0.1, 0.15) is 72.5 Å². The standard InChI is InChI=1S/C15H21N3O.C11H11ClN2O2.C5H11N.3CH4.ClH/c1-17-14-6-5-7-15(13(14)12-16-17)19-11-10-18-8-3-2-4-9-18;1-8(15)14-10-3-2-4-11(16-6-5-12)9(10)7-13-14;1-2-4-6-5-3-1;;;;/h5-7,12H,2-4,8-11H2,1H3;2-4,7H,5-6H2,1H3;6H,1-5H2;3*1H4;1H. The van der Waals surface area contributed by atoms with E-state index >= 15 is 0 Å². The molecule has 0 atom stereocenters. The van der Waals surface area contributed by atoms with Gasteiger partial charge in [-0.05, 0) is 76.1 Å². The van der Waals surface area contributed by atoms with Crippen LogP contribution < -0.4 is 14.8 Å². The SMILES string of the molecule is C.C.C.C1CCNCC1.CC(=O)n1ncc2c(OCCCl)cccc21.Cl.Cn1ncc2c(OCCN3CCCCC3)cccc21. The van der Waals surface area contributed by atoms with Gasteiger partial charge in [0.15, 0.2) is 0 Å². The third-order valence-corrected chi connectivity index (χ3v) is 7.43. The lowest BCUT2D eigenvalue weighted by atomic mass is 10.1. The Morgan fingerprint density at radius 1 is 0.822 bits per heavy atom. The number of piperidine rings is 2. The van der Waals surface area contributed by atoms with E-state index in [1.807, 2.05) is 48.3 Å². The molecule has 2 aromatic carbocycles. The minimum atomic E-state index is -0.121. The summed E-state index contributed by atoms with van der Waals surface area (Å²) in [5, 5.41) is 13.5. The second-order valence-electron chi connectivity index (χ2n) is 10.3. The second-order valence-corrected chi connectivity index (χ2v) is 10.7. The van der Waals surface area contributed by atoms with E-state index in [1.165, 1.54) is 76.3 Å². The third kappa shape index (κ3) is 12.5. The molecule has 9 nitrogen and oxygen atoms in total. The molecule has 2 aliphatic heterocycles. The van der Waals surface area contributed by atoms with Gasteiger partial charge >= 0.3 is 0 Å². The molecule has 0 aliphatic carbocycles. The summed E-state index contributed by atoms with van der Waals surface area (Å²) in [5.74, 6) is 1.95. The van der Waals surface area contributed by atoms with Gasteiger partial charge < -0.3 is 14.8 Å². The molecule has 0 bridgehead atoms. The molecule has 0 saturated carbocycles. The number of alkyl halides is 1. The summed E-state index contributed by atoms with van der Waals surface area (Å²) in [6, 6.07) is 11.6. The van der Waals surface area contributed by atoms with Crippen LogP contribution in [0.2, 0.25) is 0 Å². The number of hydrogen-bond donors (Lipinski definition) is 1. The van der Waals surface area contributed by atoms with Crippen molar-refractivity contribution >= 4 is 51.7 Å². The van der Waals surface area contributed by atoms with E-state index in [4.69, 9.17) is 21.1 Å². The monoisotopic (exact) mass is 666 g/mol. The van der Waals surface area contributed by atoms with E-state index in [9.17, 15) is 4.79 Å². The van der Waals surface area contributed by atoms with Gasteiger partial charge in [-0.25, -0.2) is 4.68 Å². The Balaban J connectivity index is 0.000000681. The van der Waals surface area contributed by atoms with Gasteiger partial charge in [0.25, 0.3) is 0 Å². The summed E-state index contributed by atoms with van der Waals surface area (Å²) < 4.78 is 14.6. The molecular weight excluding hydrogens is 611 g/mol. The van der Waals surface area contributed by atoms with Crippen molar-refractivity contribution < 1.29 is 14.3 Å². The number of fused-ring (bicyclic) bond motifs is 2. The van der Waals surface area contributed by atoms with Crippen LogP contribution >= 0.6 is 24.0 Å². The summed E-state index contributed by atoms with van der Waals surface area (Å²) in [5.41, 5.74) is 1.87. The number of halogens is 2. The maximum absolute atomic E-state index is 11.3. The first-order valence-electron chi connectivity index (χ1n) is 14.7. The maximum atomic E-state index is 11.3. The predicted octanol–water partition coefficient (Wildman–Crippen LogP) is 7.84. The molecule has 4 heterocycles. The minimum absolute atomic E-state index is 0. The molecule has 4 aromatic rings. The van der Waals surface area contributed by atoms with Gasteiger partial charge in [0.1, 0.15) is 24.7 Å². The Morgan fingerprint density at radius 2 is 1.38 bits per heavy atom. The highest BCUT2D eigenvalue weighted by Crippen LogP contribution is 2.26. The zero-order valence-corrected chi connectivity index (χ0v) is 26.3. The van der Waals surface area contributed by atoms with E-state index < -0.39 is 0 Å². The molecule has 0 spiro atoms. The van der Waals surface area contributed by atoms with Crippen LogP contribution in [0, 0.1) is 0 Å². The Labute approximate surface area is 282 Å². The first-order valence-corrected chi connectivity index (χ1v) is 15.2. The highest BCUT2D eigenvalue weighted by atomic mass is 35.5. The Bertz CT molecular complexity index is 1360. The molecule has 0 unspecified atom stereocenters. The van der Waals surface area contributed by atoms with Crippen LogP contribution in [0.25, 0.3) is 21.8 Å². The maximum Gasteiger partial charge on any atom is 0.244 e. The number of benzene rings is 2. The average molecular weight is 668 g/mol. The Kier molecular flexibility index (Phi) is 21.2. The molecule has 0 amide bonds. The normalized spacial score (nSPS) is 14.1. The Morgan fingerprint density at radius 3 is 1.93 bits per heavy atom. The topological polar surface area (TPSA) is 86.4 Å². The molecule has 2 fully saturated rings. The van der Waals surface area contributed by atoms with Crippen LogP contribution in [0.15, 0.2) is 48.8 Å². The summed E-state index contributed by atoms with van der Waals surface area (Å²) in [6.07, 6.45) is 11.8. The van der Waals surface area contributed by atoms with Gasteiger partial charge in [0, 0.05) is 20.5 Å². The van der Waals surface area contributed by atoms with Crippen molar-refractivity contribution in [2.75, 3.05) is 51.8 Å². The van der Waals surface area contributed by atoms with Crippen LogP contribution in [0.4, 0.5) is 0 Å².